The van der Waals surface area contributed by atoms with E-state index >= 15 is 0 Å². The monoisotopic (exact) mass is 566 g/mol. The van der Waals surface area contributed by atoms with E-state index in [9.17, 15) is 23.5 Å². The van der Waals surface area contributed by atoms with E-state index in [2.05, 4.69) is 24.5 Å². The molecule has 6 atom stereocenters. The van der Waals surface area contributed by atoms with Crippen molar-refractivity contribution in [3.05, 3.63) is 34.3 Å². The summed E-state index contributed by atoms with van der Waals surface area (Å²) < 4.78 is 34.6. The van der Waals surface area contributed by atoms with E-state index in [1.165, 1.54) is 7.11 Å². The van der Waals surface area contributed by atoms with Crippen LogP contribution >= 0.6 is 11.6 Å². The molecule has 0 saturated heterocycles. The van der Waals surface area contributed by atoms with E-state index in [1.807, 2.05) is 20.8 Å². The average Bonchev–Trinajstić information content (AvgIpc) is 3.39. The summed E-state index contributed by atoms with van der Waals surface area (Å²) in [6.07, 6.45) is 3.05. The van der Waals surface area contributed by atoms with Crippen LogP contribution in [0.3, 0.4) is 0 Å². The number of amides is 2. The van der Waals surface area contributed by atoms with Crippen LogP contribution in [0.25, 0.3) is 0 Å². The molecule has 0 aromatic heterocycles. The smallest absolute Gasteiger partial charge is 0.315 e. The molecule has 5 fully saturated rings. The highest BCUT2D eigenvalue weighted by Gasteiger charge is 2.74. The largest absolute Gasteiger partial charge is 0.469 e. The first-order valence-electron chi connectivity index (χ1n) is 14.0. The number of benzene rings is 1. The molecule has 5 saturated carbocycles. The Labute approximate surface area is 234 Å². The molecule has 5 aliphatic rings. The molecule has 216 valence electrons. The lowest BCUT2D eigenvalue weighted by Crippen LogP contribution is -2.78. The number of halogens is 3. The lowest BCUT2D eigenvalue weighted by molar-refractivity contribution is -0.199. The Hall–Kier alpha value is -1.93. The van der Waals surface area contributed by atoms with Crippen molar-refractivity contribution in [2.75, 3.05) is 13.7 Å². The van der Waals surface area contributed by atoms with E-state index in [0.29, 0.717) is 42.7 Å². The molecule has 0 aliphatic heterocycles. The van der Waals surface area contributed by atoms with Gasteiger partial charge in [-0.25, -0.2) is 13.6 Å². The molecule has 2 bridgehead atoms. The van der Waals surface area contributed by atoms with Gasteiger partial charge in [-0.15, -0.1) is 0 Å². The van der Waals surface area contributed by atoms with Crippen LogP contribution in [-0.2, 0) is 15.1 Å². The summed E-state index contributed by atoms with van der Waals surface area (Å²) in [5.74, 6) is -4.67. The quantitative estimate of drug-likeness (QED) is 0.369. The summed E-state index contributed by atoms with van der Waals surface area (Å²) in [5.41, 5.74) is -1.27. The van der Waals surface area contributed by atoms with Gasteiger partial charge in [-0.05, 0) is 66.5 Å². The van der Waals surface area contributed by atoms with Gasteiger partial charge in [0, 0.05) is 29.0 Å². The topological polar surface area (TPSA) is 87.7 Å². The summed E-state index contributed by atoms with van der Waals surface area (Å²) in [5, 5.41) is 17.1. The molecule has 6 rings (SSSR count). The number of nitrogens with one attached hydrogen (secondary N) is 2. The SMILES string of the molecule is COC(=O)C12CC(NC(=O)NC3(c4ccc(C5C(C(C)(C)C)C5(F)F)c(Cl)c4)CC[C@H](C)[C@@H](C)C3CO)(C1)C2. The van der Waals surface area contributed by atoms with Gasteiger partial charge in [-0.3, -0.25) is 4.79 Å². The highest BCUT2D eigenvalue weighted by atomic mass is 35.5. The third-order valence-electron chi connectivity index (χ3n) is 10.6. The van der Waals surface area contributed by atoms with Crippen LogP contribution in [0, 0.1) is 34.5 Å². The molecule has 4 unspecified atom stereocenters. The Bertz CT molecular complexity index is 1160. The standard InChI is InChI=1S/C30H41ClF2N2O4/c1-16-9-10-29(20(12-36)17(16)2,35-25(38)34-28-13-27(14-28,15-28)24(37)39-6)18-7-8-19(21(31)11-18)22-23(26(3,4)5)30(22,32)33/h7-8,11,16-17,20,22-23,36H,9-10,12-15H2,1-6H3,(H2,34,35,38)/t16-,17+,20?,22?,23?,27?,28?,29?/m0/s1. The molecule has 0 heterocycles. The summed E-state index contributed by atoms with van der Waals surface area (Å²) in [4.78, 5) is 25.5. The van der Waals surface area contributed by atoms with Gasteiger partial charge in [-0.2, -0.15) is 0 Å². The van der Waals surface area contributed by atoms with Gasteiger partial charge in [0.25, 0.3) is 5.92 Å². The minimum atomic E-state index is -2.83. The zero-order chi connectivity index (χ0) is 28.8. The van der Waals surface area contributed by atoms with Crippen LogP contribution < -0.4 is 10.6 Å². The predicted octanol–water partition coefficient (Wildman–Crippen LogP) is 6.00. The lowest BCUT2D eigenvalue weighted by atomic mass is 9.39. The van der Waals surface area contributed by atoms with Crippen molar-refractivity contribution in [3.63, 3.8) is 0 Å². The first kappa shape index (κ1) is 28.6. The normalized spacial score (nSPS) is 40.1. The first-order valence-corrected chi connectivity index (χ1v) is 14.4. The number of aliphatic hydroxyl groups is 1. The molecule has 6 nitrogen and oxygen atoms in total. The number of hydrogen-bond donors (Lipinski definition) is 3. The number of carbonyl (C=O) groups excluding carboxylic acids is 2. The van der Waals surface area contributed by atoms with Gasteiger partial charge < -0.3 is 20.5 Å². The Morgan fingerprint density at radius 2 is 1.79 bits per heavy atom. The highest BCUT2D eigenvalue weighted by molar-refractivity contribution is 6.31. The highest BCUT2D eigenvalue weighted by Crippen LogP contribution is 2.69. The second-order valence-corrected chi connectivity index (χ2v) is 14.4. The van der Waals surface area contributed by atoms with Crippen molar-refractivity contribution in [2.24, 2.45) is 34.5 Å². The number of carbonyl (C=O) groups is 2. The molecule has 39 heavy (non-hydrogen) atoms. The van der Waals surface area contributed by atoms with E-state index in [-0.39, 0.29) is 35.5 Å². The van der Waals surface area contributed by atoms with Gasteiger partial charge in [0.1, 0.15) is 0 Å². The van der Waals surface area contributed by atoms with Gasteiger partial charge >= 0.3 is 12.0 Å². The van der Waals surface area contributed by atoms with Gasteiger partial charge in [0.15, 0.2) is 0 Å². The maximum Gasteiger partial charge on any atom is 0.315 e. The first-order chi connectivity index (χ1) is 18.1. The van der Waals surface area contributed by atoms with Crippen molar-refractivity contribution < 1.29 is 28.2 Å². The van der Waals surface area contributed by atoms with E-state index < -0.39 is 39.7 Å². The van der Waals surface area contributed by atoms with Crippen molar-refractivity contribution in [3.8, 4) is 0 Å². The summed E-state index contributed by atoms with van der Waals surface area (Å²) in [7, 11) is 1.38. The van der Waals surface area contributed by atoms with Crippen molar-refractivity contribution in [1.82, 2.24) is 10.6 Å². The fraction of sp³-hybridized carbons (Fsp3) is 0.733. The maximum absolute atomic E-state index is 14.9. The van der Waals surface area contributed by atoms with Crippen LogP contribution in [0.4, 0.5) is 13.6 Å². The van der Waals surface area contributed by atoms with Crippen molar-refractivity contribution in [2.45, 2.75) is 89.6 Å². The summed E-state index contributed by atoms with van der Waals surface area (Å²) >= 11 is 6.72. The number of alkyl halides is 2. The molecule has 0 spiro atoms. The van der Waals surface area contributed by atoms with E-state index in [0.717, 1.165) is 6.42 Å². The molecule has 9 heteroatoms. The fourth-order valence-electron chi connectivity index (χ4n) is 8.33. The Kier molecular flexibility index (Phi) is 6.62. The van der Waals surface area contributed by atoms with E-state index in [4.69, 9.17) is 16.3 Å². The van der Waals surface area contributed by atoms with E-state index in [1.54, 1.807) is 18.2 Å². The predicted molar refractivity (Wildman–Crippen MR) is 145 cm³/mol. The summed E-state index contributed by atoms with van der Waals surface area (Å²) in [6, 6.07) is 4.83. The molecule has 5 aliphatic carbocycles. The molecule has 1 aromatic rings. The molecule has 2 amide bonds. The molecular formula is C30H41ClF2N2O4. The number of aliphatic hydroxyl groups excluding tert-OH is 1. The minimum Gasteiger partial charge on any atom is -0.469 e. The number of hydrogen-bond acceptors (Lipinski definition) is 4. The van der Waals surface area contributed by atoms with Crippen molar-refractivity contribution >= 4 is 23.6 Å². The number of methoxy groups -OCH3 is 1. The third-order valence-corrected chi connectivity index (χ3v) is 10.9. The zero-order valence-electron chi connectivity index (χ0n) is 23.7. The molecular weight excluding hydrogens is 526 g/mol. The zero-order valence-corrected chi connectivity index (χ0v) is 24.4. The Morgan fingerprint density at radius 3 is 2.31 bits per heavy atom. The second kappa shape index (κ2) is 9.04. The molecule has 0 radical (unpaired) electrons. The number of ether oxygens (including phenoxy) is 1. The fourth-order valence-corrected chi connectivity index (χ4v) is 8.63. The van der Waals surface area contributed by atoms with Crippen LogP contribution in [0.2, 0.25) is 5.02 Å². The maximum atomic E-state index is 14.9. The molecule has 1 aromatic carbocycles. The minimum absolute atomic E-state index is 0.0954. The molecule has 3 N–H and O–H groups in total. The van der Waals surface area contributed by atoms with Gasteiger partial charge in [0.05, 0.1) is 24.0 Å². The van der Waals surface area contributed by atoms with Crippen LogP contribution in [0.5, 0.6) is 0 Å². The van der Waals surface area contributed by atoms with Crippen LogP contribution in [0.1, 0.15) is 83.8 Å². The second-order valence-electron chi connectivity index (χ2n) is 14.0. The Morgan fingerprint density at radius 1 is 1.15 bits per heavy atom. The lowest BCUT2D eigenvalue weighted by Gasteiger charge is -2.68. The van der Waals surface area contributed by atoms with Crippen LogP contribution in [0.15, 0.2) is 18.2 Å². The Balaban J connectivity index is 1.43. The number of rotatable bonds is 6. The number of urea groups is 1. The van der Waals surface area contributed by atoms with Gasteiger partial charge in [0.2, 0.25) is 0 Å². The van der Waals surface area contributed by atoms with Crippen molar-refractivity contribution in [1.29, 1.82) is 0 Å². The number of esters is 1. The third kappa shape index (κ3) is 4.27. The average molecular weight is 567 g/mol. The van der Waals surface area contributed by atoms with Gasteiger partial charge in [-0.1, -0.05) is 58.4 Å². The van der Waals surface area contributed by atoms with Crippen LogP contribution in [-0.4, -0.2) is 42.3 Å². The summed E-state index contributed by atoms with van der Waals surface area (Å²) in [6.45, 7) is 9.54.